The summed E-state index contributed by atoms with van der Waals surface area (Å²) in [7, 11) is 0. The number of carboxylic acids is 1. The number of aromatic hydroxyl groups is 1. The normalized spacial score (nSPS) is 15.2. The van der Waals surface area contributed by atoms with E-state index in [1.54, 1.807) is 26.0 Å². The molecule has 0 fully saturated rings. The Morgan fingerprint density at radius 1 is 0.912 bits per heavy atom. The van der Waals surface area contributed by atoms with Crippen molar-refractivity contribution in [3.8, 4) is 5.75 Å². The molecule has 0 bridgehead atoms. The predicted molar refractivity (Wildman–Crippen MR) is 122 cm³/mol. The third-order valence-corrected chi connectivity index (χ3v) is 5.24. The lowest BCUT2D eigenvalue weighted by Gasteiger charge is -2.28. The van der Waals surface area contributed by atoms with Crippen LogP contribution in [0.1, 0.15) is 39.2 Å². The molecular formula is C22H33N5O7. The minimum atomic E-state index is -1.56. The van der Waals surface area contributed by atoms with Crippen LogP contribution in [0, 0.1) is 5.92 Å². The van der Waals surface area contributed by atoms with Crippen LogP contribution in [-0.2, 0) is 30.4 Å². The number of hydrogen-bond acceptors (Lipinski definition) is 7. The predicted octanol–water partition coefficient (Wildman–Crippen LogP) is -1.26. The van der Waals surface area contributed by atoms with Crippen molar-refractivity contribution in [2.45, 2.75) is 64.2 Å². The average molecular weight is 480 g/mol. The van der Waals surface area contributed by atoms with Gasteiger partial charge in [0.25, 0.3) is 0 Å². The number of hydrogen-bond donors (Lipinski definition) is 7. The van der Waals surface area contributed by atoms with Gasteiger partial charge in [-0.3, -0.25) is 19.2 Å². The SMILES string of the molecule is CCC(C)C(NC(=O)C(Cc1ccc(O)cc1)NC(=O)C(C)N)C(=O)NC(CC(N)=O)C(=O)O. The summed E-state index contributed by atoms with van der Waals surface area (Å²) in [5, 5.41) is 26.1. The van der Waals surface area contributed by atoms with Crippen LogP contribution in [0.25, 0.3) is 0 Å². The van der Waals surface area contributed by atoms with Gasteiger partial charge >= 0.3 is 5.97 Å². The Hall–Kier alpha value is -3.67. The molecule has 0 heterocycles. The molecule has 4 amide bonds. The molecule has 12 heteroatoms. The molecule has 1 aromatic rings. The Kier molecular flexibility index (Phi) is 11.0. The fourth-order valence-corrected chi connectivity index (χ4v) is 3.00. The van der Waals surface area contributed by atoms with Crippen molar-refractivity contribution >= 4 is 29.6 Å². The molecule has 0 spiro atoms. The molecule has 0 aliphatic rings. The van der Waals surface area contributed by atoms with Gasteiger partial charge in [0.2, 0.25) is 23.6 Å². The fourth-order valence-electron chi connectivity index (χ4n) is 3.00. The maximum absolute atomic E-state index is 13.1. The Morgan fingerprint density at radius 2 is 1.47 bits per heavy atom. The molecule has 5 atom stereocenters. The molecule has 0 aliphatic carbocycles. The molecule has 1 aromatic carbocycles. The molecule has 0 saturated carbocycles. The highest BCUT2D eigenvalue weighted by Crippen LogP contribution is 2.13. The van der Waals surface area contributed by atoms with Crippen molar-refractivity contribution in [1.29, 1.82) is 0 Å². The number of nitrogens with one attached hydrogen (secondary N) is 3. The lowest BCUT2D eigenvalue weighted by Crippen LogP contribution is -2.59. The molecule has 34 heavy (non-hydrogen) atoms. The summed E-state index contributed by atoms with van der Waals surface area (Å²) in [4.78, 5) is 60.7. The van der Waals surface area contributed by atoms with Gasteiger partial charge in [-0.1, -0.05) is 32.4 Å². The Labute approximate surface area is 197 Å². The number of carbonyl (C=O) groups is 5. The second kappa shape index (κ2) is 13.1. The zero-order chi connectivity index (χ0) is 26.0. The van der Waals surface area contributed by atoms with Gasteiger partial charge in [0.05, 0.1) is 12.5 Å². The molecule has 0 radical (unpaired) electrons. The lowest BCUT2D eigenvalue weighted by atomic mass is 9.96. The highest BCUT2D eigenvalue weighted by Gasteiger charge is 2.33. The van der Waals surface area contributed by atoms with E-state index in [9.17, 15) is 34.2 Å². The molecule has 1 rings (SSSR count). The monoisotopic (exact) mass is 479 g/mol. The Balaban J connectivity index is 3.12. The average Bonchev–Trinajstić information content (AvgIpc) is 2.76. The quantitative estimate of drug-likeness (QED) is 0.181. The highest BCUT2D eigenvalue weighted by atomic mass is 16.4. The summed E-state index contributed by atoms with van der Waals surface area (Å²) < 4.78 is 0. The second-order valence-electron chi connectivity index (χ2n) is 8.16. The third kappa shape index (κ3) is 9.06. The molecule has 12 nitrogen and oxygen atoms in total. The molecule has 5 unspecified atom stereocenters. The number of amides is 4. The smallest absolute Gasteiger partial charge is 0.326 e. The maximum Gasteiger partial charge on any atom is 0.326 e. The number of benzene rings is 1. The summed E-state index contributed by atoms with van der Waals surface area (Å²) in [5.41, 5.74) is 11.3. The summed E-state index contributed by atoms with van der Waals surface area (Å²) in [6.45, 7) is 4.91. The van der Waals surface area contributed by atoms with Gasteiger partial charge in [0.15, 0.2) is 0 Å². The summed E-state index contributed by atoms with van der Waals surface area (Å²) in [6.07, 6.45) is -0.115. The number of phenolic OH excluding ortho intramolecular Hbond substituents is 1. The van der Waals surface area contributed by atoms with Crippen molar-refractivity contribution in [3.05, 3.63) is 29.8 Å². The molecule has 188 valence electrons. The molecule has 9 N–H and O–H groups in total. The third-order valence-electron chi connectivity index (χ3n) is 5.24. The fraction of sp³-hybridized carbons (Fsp3) is 0.500. The zero-order valence-corrected chi connectivity index (χ0v) is 19.4. The van der Waals surface area contributed by atoms with Crippen LogP contribution in [0.3, 0.4) is 0 Å². The first-order chi connectivity index (χ1) is 15.8. The molecule has 0 aliphatic heterocycles. The zero-order valence-electron chi connectivity index (χ0n) is 19.4. The van der Waals surface area contributed by atoms with E-state index in [1.807, 2.05) is 0 Å². The van der Waals surface area contributed by atoms with Gasteiger partial charge in [0.1, 0.15) is 23.9 Å². The first-order valence-electron chi connectivity index (χ1n) is 10.8. The summed E-state index contributed by atoms with van der Waals surface area (Å²) in [5.74, 6) is -4.83. The van der Waals surface area contributed by atoms with Crippen LogP contribution >= 0.6 is 0 Å². The van der Waals surface area contributed by atoms with Crippen LogP contribution in [0.15, 0.2) is 24.3 Å². The Bertz CT molecular complexity index is 888. The van der Waals surface area contributed by atoms with E-state index in [1.165, 1.54) is 19.1 Å². The van der Waals surface area contributed by atoms with Crippen molar-refractivity contribution in [3.63, 3.8) is 0 Å². The second-order valence-corrected chi connectivity index (χ2v) is 8.16. The van der Waals surface area contributed by atoms with Crippen LogP contribution in [0.4, 0.5) is 0 Å². The van der Waals surface area contributed by atoms with E-state index in [0.29, 0.717) is 12.0 Å². The Morgan fingerprint density at radius 3 is 1.94 bits per heavy atom. The van der Waals surface area contributed by atoms with Crippen molar-refractivity contribution in [2.75, 3.05) is 0 Å². The van der Waals surface area contributed by atoms with E-state index in [0.717, 1.165) is 0 Å². The van der Waals surface area contributed by atoms with Gasteiger partial charge in [-0.2, -0.15) is 0 Å². The number of nitrogens with two attached hydrogens (primary N) is 2. The summed E-state index contributed by atoms with van der Waals surface area (Å²) in [6, 6.07) is 1.30. The van der Waals surface area contributed by atoms with E-state index < -0.39 is 66.1 Å². The van der Waals surface area contributed by atoms with E-state index in [2.05, 4.69) is 16.0 Å². The van der Waals surface area contributed by atoms with Crippen LogP contribution in [-0.4, -0.2) is 64.0 Å². The minimum Gasteiger partial charge on any atom is -0.508 e. The molecular weight excluding hydrogens is 446 g/mol. The van der Waals surface area contributed by atoms with Gasteiger partial charge in [-0.05, 0) is 30.5 Å². The molecule has 0 saturated heterocycles. The van der Waals surface area contributed by atoms with Crippen molar-refractivity contribution in [1.82, 2.24) is 16.0 Å². The molecule has 0 aromatic heterocycles. The first kappa shape index (κ1) is 28.4. The van der Waals surface area contributed by atoms with E-state index in [-0.39, 0.29) is 12.2 Å². The number of rotatable bonds is 13. The minimum absolute atomic E-state index is 0.0295. The number of carboxylic acid groups (broad SMARTS) is 1. The van der Waals surface area contributed by atoms with Crippen molar-refractivity contribution < 1.29 is 34.2 Å². The van der Waals surface area contributed by atoms with Gasteiger partial charge in [-0.15, -0.1) is 0 Å². The highest BCUT2D eigenvalue weighted by molar-refractivity contribution is 5.95. The maximum atomic E-state index is 13.1. The van der Waals surface area contributed by atoms with Gasteiger partial charge < -0.3 is 37.6 Å². The van der Waals surface area contributed by atoms with Gasteiger partial charge in [-0.25, -0.2) is 4.79 Å². The number of aliphatic carboxylic acids is 1. The summed E-state index contributed by atoms with van der Waals surface area (Å²) >= 11 is 0. The lowest BCUT2D eigenvalue weighted by molar-refractivity contribution is -0.144. The standard InChI is InChI=1S/C22H33N5O7/c1-4-11(2)18(21(32)26-16(22(33)34)10-17(24)29)27-20(31)15(25-19(30)12(3)23)9-13-5-7-14(28)8-6-13/h5-8,11-12,15-16,18,28H,4,9-10,23H2,1-3H3,(H2,24,29)(H,25,30)(H,26,32)(H,27,31)(H,33,34). The first-order valence-corrected chi connectivity index (χ1v) is 10.8. The number of carbonyl (C=O) groups excluding carboxylic acids is 4. The van der Waals surface area contributed by atoms with E-state index >= 15 is 0 Å². The van der Waals surface area contributed by atoms with E-state index in [4.69, 9.17) is 11.5 Å². The number of primary amides is 1. The largest absolute Gasteiger partial charge is 0.508 e. The van der Waals surface area contributed by atoms with Crippen LogP contribution in [0.5, 0.6) is 5.75 Å². The number of phenols is 1. The van der Waals surface area contributed by atoms with Gasteiger partial charge in [0, 0.05) is 6.42 Å². The van der Waals surface area contributed by atoms with Crippen molar-refractivity contribution in [2.24, 2.45) is 17.4 Å². The van der Waals surface area contributed by atoms with Crippen LogP contribution in [0.2, 0.25) is 0 Å². The van der Waals surface area contributed by atoms with Crippen LogP contribution < -0.4 is 27.4 Å². The topological polar surface area (TPSA) is 214 Å².